The Morgan fingerprint density at radius 1 is 0.967 bits per heavy atom. The lowest BCUT2D eigenvalue weighted by atomic mass is 10.2. The van der Waals surface area contributed by atoms with Crippen molar-refractivity contribution in [2.24, 2.45) is 0 Å². The summed E-state index contributed by atoms with van der Waals surface area (Å²) in [6, 6.07) is 17.6. The highest BCUT2D eigenvalue weighted by Gasteiger charge is 2.22. The first-order valence-corrected chi connectivity index (χ1v) is 11.3. The summed E-state index contributed by atoms with van der Waals surface area (Å²) in [4.78, 5) is 26.2. The number of rotatable bonds is 5. The van der Waals surface area contributed by atoms with E-state index in [9.17, 15) is 4.79 Å². The number of hydrogen-bond donors (Lipinski definition) is 0. The number of nitrogens with zero attached hydrogens (tertiary/aromatic N) is 4. The van der Waals surface area contributed by atoms with Crippen molar-refractivity contribution in [1.82, 2.24) is 14.9 Å². The van der Waals surface area contributed by atoms with E-state index in [1.165, 1.54) is 5.56 Å². The summed E-state index contributed by atoms with van der Waals surface area (Å²) in [5.74, 6) is 1.71. The highest BCUT2D eigenvalue weighted by atomic mass is 35.5. The predicted molar refractivity (Wildman–Crippen MR) is 122 cm³/mol. The van der Waals surface area contributed by atoms with Gasteiger partial charge in [0.25, 0.3) is 5.91 Å². The minimum absolute atomic E-state index is 0.0132. The molecule has 1 aromatic heterocycles. The Labute approximate surface area is 186 Å². The molecular weight excluding hydrogens is 416 g/mol. The van der Waals surface area contributed by atoms with Crippen LogP contribution < -0.4 is 4.90 Å². The molecule has 0 aliphatic carbocycles. The Hall–Kier alpha value is -2.57. The van der Waals surface area contributed by atoms with E-state index in [4.69, 9.17) is 16.6 Å². The van der Waals surface area contributed by atoms with Gasteiger partial charge in [-0.2, -0.15) is 0 Å². The molecule has 0 saturated carbocycles. The molecule has 0 unspecified atom stereocenters. The summed E-state index contributed by atoms with van der Waals surface area (Å²) in [7, 11) is 0. The zero-order valence-electron chi connectivity index (χ0n) is 16.6. The maximum atomic E-state index is 12.9. The molecule has 0 N–H and O–H groups in total. The lowest BCUT2D eigenvalue weighted by molar-refractivity contribution is 0.0767. The van der Waals surface area contributed by atoms with Crippen LogP contribution in [-0.4, -0.2) is 47.0 Å². The number of carbonyl (C=O) groups is 1. The normalized spacial score (nSPS) is 14.4. The van der Waals surface area contributed by atoms with Crippen molar-refractivity contribution in [1.29, 1.82) is 0 Å². The first kappa shape index (κ1) is 20.7. The van der Waals surface area contributed by atoms with Gasteiger partial charge in [-0.15, -0.1) is 11.8 Å². The third-order valence-electron chi connectivity index (χ3n) is 5.04. The van der Waals surface area contributed by atoms with Gasteiger partial charge in [0.1, 0.15) is 10.8 Å². The quantitative estimate of drug-likeness (QED) is 0.537. The standard InChI is InChI=1S/C23H23ClN4OS/c24-20-10-5-4-9-19(20)23(29)28-12-6-11-27(13-14-28)21-15-25-16-22(26-21)30-17-18-7-2-1-3-8-18/h1-5,7-10,15-16H,6,11-14,17H2. The van der Waals surface area contributed by atoms with Crippen LogP contribution in [0, 0.1) is 0 Å². The van der Waals surface area contributed by atoms with Gasteiger partial charge in [0.05, 0.1) is 23.0 Å². The van der Waals surface area contributed by atoms with Crippen molar-refractivity contribution >= 4 is 35.1 Å². The summed E-state index contributed by atoms with van der Waals surface area (Å²) in [5.41, 5.74) is 1.82. The minimum Gasteiger partial charge on any atom is -0.353 e. The second-order valence-corrected chi connectivity index (χ2v) is 8.51. The average Bonchev–Trinajstić information content (AvgIpc) is 3.05. The molecule has 2 heterocycles. The summed E-state index contributed by atoms with van der Waals surface area (Å²) < 4.78 is 0. The van der Waals surface area contributed by atoms with Gasteiger partial charge in [0, 0.05) is 31.9 Å². The van der Waals surface area contributed by atoms with Crippen molar-refractivity contribution in [3.63, 3.8) is 0 Å². The summed E-state index contributed by atoms with van der Waals surface area (Å²) in [6.45, 7) is 2.90. The molecule has 4 rings (SSSR count). The van der Waals surface area contributed by atoms with E-state index in [1.54, 1.807) is 30.1 Å². The summed E-state index contributed by atoms with van der Waals surface area (Å²) in [6.07, 6.45) is 4.49. The van der Waals surface area contributed by atoms with Crippen LogP contribution in [-0.2, 0) is 5.75 Å². The molecule has 1 aliphatic heterocycles. The zero-order valence-corrected chi connectivity index (χ0v) is 18.1. The SMILES string of the molecule is O=C(c1ccccc1Cl)N1CCCN(c2cncc(SCc3ccccc3)n2)CC1. The van der Waals surface area contributed by atoms with Gasteiger partial charge in [-0.05, 0) is 24.1 Å². The van der Waals surface area contributed by atoms with Crippen LogP contribution in [0.25, 0.3) is 0 Å². The van der Waals surface area contributed by atoms with Crippen LogP contribution in [0.3, 0.4) is 0 Å². The highest BCUT2D eigenvalue weighted by molar-refractivity contribution is 7.98. The monoisotopic (exact) mass is 438 g/mol. The van der Waals surface area contributed by atoms with Crippen LogP contribution in [0.5, 0.6) is 0 Å². The second-order valence-electron chi connectivity index (χ2n) is 7.10. The summed E-state index contributed by atoms with van der Waals surface area (Å²) in [5, 5.41) is 1.40. The molecule has 0 radical (unpaired) electrons. The van der Waals surface area contributed by atoms with Crippen LogP contribution in [0.4, 0.5) is 5.82 Å². The molecule has 1 aliphatic rings. The molecule has 0 bridgehead atoms. The predicted octanol–water partition coefficient (Wildman–Crippen LogP) is 4.77. The first-order valence-electron chi connectivity index (χ1n) is 9.98. The topological polar surface area (TPSA) is 49.3 Å². The highest BCUT2D eigenvalue weighted by Crippen LogP contribution is 2.23. The molecule has 0 spiro atoms. The number of thioether (sulfide) groups is 1. The molecule has 0 atom stereocenters. The maximum absolute atomic E-state index is 12.9. The maximum Gasteiger partial charge on any atom is 0.255 e. The van der Waals surface area contributed by atoms with E-state index >= 15 is 0 Å². The van der Waals surface area contributed by atoms with Gasteiger partial charge in [-0.1, -0.05) is 54.1 Å². The van der Waals surface area contributed by atoms with Crippen LogP contribution in [0.1, 0.15) is 22.3 Å². The smallest absolute Gasteiger partial charge is 0.255 e. The zero-order chi connectivity index (χ0) is 20.8. The van der Waals surface area contributed by atoms with Crippen molar-refractivity contribution in [2.45, 2.75) is 17.2 Å². The summed E-state index contributed by atoms with van der Waals surface area (Å²) >= 11 is 7.90. The third kappa shape index (κ3) is 5.12. The van der Waals surface area contributed by atoms with Crippen LogP contribution in [0.2, 0.25) is 5.02 Å². The van der Waals surface area contributed by atoms with E-state index < -0.39 is 0 Å². The van der Waals surface area contributed by atoms with E-state index in [0.29, 0.717) is 23.7 Å². The number of aromatic nitrogens is 2. The number of halogens is 1. The number of hydrogen-bond acceptors (Lipinski definition) is 5. The van der Waals surface area contributed by atoms with Gasteiger partial charge in [0.2, 0.25) is 0 Å². The van der Waals surface area contributed by atoms with Crippen LogP contribution >= 0.6 is 23.4 Å². The molecule has 1 saturated heterocycles. The lowest BCUT2D eigenvalue weighted by Crippen LogP contribution is -2.35. The molecule has 30 heavy (non-hydrogen) atoms. The lowest BCUT2D eigenvalue weighted by Gasteiger charge is -2.23. The Kier molecular flexibility index (Phi) is 6.87. The minimum atomic E-state index is -0.0132. The van der Waals surface area contributed by atoms with Crippen molar-refractivity contribution in [3.05, 3.63) is 83.1 Å². The van der Waals surface area contributed by atoms with Gasteiger partial charge < -0.3 is 9.80 Å². The fraction of sp³-hybridized carbons (Fsp3) is 0.261. The Morgan fingerprint density at radius 2 is 1.77 bits per heavy atom. The van der Waals surface area contributed by atoms with Crippen molar-refractivity contribution in [3.8, 4) is 0 Å². The molecule has 3 aromatic rings. The Bertz CT molecular complexity index is 1000. The Morgan fingerprint density at radius 3 is 2.60 bits per heavy atom. The van der Waals surface area contributed by atoms with Crippen LogP contribution in [0.15, 0.2) is 72.0 Å². The number of anilines is 1. The number of amides is 1. The second kappa shape index (κ2) is 9.96. The third-order valence-corrected chi connectivity index (χ3v) is 6.34. The van der Waals surface area contributed by atoms with Gasteiger partial charge in [-0.25, -0.2) is 4.98 Å². The first-order chi connectivity index (χ1) is 14.7. The fourth-order valence-corrected chi connectivity index (χ4v) is 4.46. The van der Waals surface area contributed by atoms with Gasteiger partial charge >= 0.3 is 0 Å². The molecule has 154 valence electrons. The number of benzene rings is 2. The van der Waals surface area contributed by atoms with Gasteiger partial charge in [-0.3, -0.25) is 9.78 Å². The number of carbonyl (C=O) groups excluding carboxylic acids is 1. The molecule has 1 fully saturated rings. The van der Waals surface area contributed by atoms with E-state index in [-0.39, 0.29) is 5.91 Å². The average molecular weight is 439 g/mol. The van der Waals surface area contributed by atoms with E-state index in [0.717, 1.165) is 36.1 Å². The van der Waals surface area contributed by atoms with Gasteiger partial charge in [0.15, 0.2) is 0 Å². The largest absolute Gasteiger partial charge is 0.353 e. The molecule has 1 amide bonds. The van der Waals surface area contributed by atoms with E-state index in [1.807, 2.05) is 41.4 Å². The fourth-order valence-electron chi connectivity index (χ4n) is 3.45. The molecule has 7 heteroatoms. The van der Waals surface area contributed by atoms with Crippen molar-refractivity contribution in [2.75, 3.05) is 31.1 Å². The molecule has 5 nitrogen and oxygen atoms in total. The Balaban J connectivity index is 1.39. The molecule has 2 aromatic carbocycles. The van der Waals surface area contributed by atoms with E-state index in [2.05, 4.69) is 22.0 Å². The molecular formula is C23H23ClN4OS. The van der Waals surface area contributed by atoms with Crippen molar-refractivity contribution < 1.29 is 4.79 Å².